The maximum absolute atomic E-state index is 10.9. The van der Waals surface area contributed by atoms with Gasteiger partial charge in [-0.25, -0.2) is 15.0 Å². The van der Waals surface area contributed by atoms with Gasteiger partial charge in [0.15, 0.2) is 11.5 Å². The van der Waals surface area contributed by atoms with E-state index >= 15 is 0 Å². The van der Waals surface area contributed by atoms with Crippen LogP contribution < -0.4 is 5.73 Å². The SMILES string of the molecule is CC(=O)OC[C@@H]1C[C@H](n2cnc3c(N)ncnc32)[C@H]1CO. The second-order valence-electron chi connectivity index (χ2n) is 5.30. The van der Waals surface area contributed by atoms with E-state index in [0.717, 1.165) is 6.42 Å². The Kier molecular flexibility index (Phi) is 3.46. The van der Waals surface area contributed by atoms with E-state index in [2.05, 4.69) is 15.0 Å². The number of aliphatic hydroxyl groups is 1. The maximum Gasteiger partial charge on any atom is 0.302 e. The predicted octanol–water partition coefficient (Wildman–Crippen LogP) is 0.141. The van der Waals surface area contributed by atoms with Gasteiger partial charge in [0.25, 0.3) is 0 Å². The number of carbonyl (C=O) groups is 1. The highest BCUT2D eigenvalue weighted by molar-refractivity contribution is 5.81. The molecule has 21 heavy (non-hydrogen) atoms. The van der Waals surface area contributed by atoms with Gasteiger partial charge in [-0.1, -0.05) is 0 Å². The van der Waals surface area contributed by atoms with Crippen molar-refractivity contribution in [1.82, 2.24) is 19.5 Å². The second kappa shape index (κ2) is 5.28. The lowest BCUT2D eigenvalue weighted by Gasteiger charge is -2.44. The Hall–Kier alpha value is -2.22. The lowest BCUT2D eigenvalue weighted by atomic mass is 9.70. The molecule has 8 heteroatoms. The molecule has 3 rings (SSSR count). The lowest BCUT2D eigenvalue weighted by Crippen LogP contribution is -2.43. The Balaban J connectivity index is 1.81. The van der Waals surface area contributed by atoms with Crippen LogP contribution in [0.5, 0.6) is 0 Å². The summed E-state index contributed by atoms with van der Waals surface area (Å²) in [6.07, 6.45) is 3.87. The Morgan fingerprint density at radius 1 is 1.52 bits per heavy atom. The molecule has 8 nitrogen and oxygen atoms in total. The fraction of sp³-hybridized carbons (Fsp3) is 0.538. The number of nitrogen functional groups attached to an aromatic ring is 1. The first kappa shape index (κ1) is 13.7. The van der Waals surface area contributed by atoms with E-state index in [0.29, 0.717) is 23.6 Å². The number of rotatable bonds is 4. The molecular weight excluding hydrogens is 274 g/mol. The number of anilines is 1. The number of carbonyl (C=O) groups excluding carboxylic acids is 1. The molecule has 0 radical (unpaired) electrons. The molecule has 0 bridgehead atoms. The number of nitrogens with zero attached hydrogens (tertiary/aromatic N) is 4. The van der Waals surface area contributed by atoms with Crippen molar-refractivity contribution in [2.24, 2.45) is 11.8 Å². The Bertz CT molecular complexity index is 671. The third-order valence-electron chi connectivity index (χ3n) is 4.10. The summed E-state index contributed by atoms with van der Waals surface area (Å²) in [5, 5.41) is 9.59. The van der Waals surface area contributed by atoms with E-state index in [1.807, 2.05) is 4.57 Å². The summed E-state index contributed by atoms with van der Waals surface area (Å²) in [6, 6.07) is 0.0786. The lowest BCUT2D eigenvalue weighted by molar-refractivity contribution is -0.146. The topological polar surface area (TPSA) is 116 Å². The molecule has 112 valence electrons. The van der Waals surface area contributed by atoms with Gasteiger partial charge < -0.3 is 20.1 Å². The van der Waals surface area contributed by atoms with Crippen LogP contribution in [0.1, 0.15) is 19.4 Å². The predicted molar refractivity (Wildman–Crippen MR) is 74.1 cm³/mol. The van der Waals surface area contributed by atoms with Gasteiger partial charge in [0.2, 0.25) is 0 Å². The summed E-state index contributed by atoms with van der Waals surface area (Å²) in [5.41, 5.74) is 7.00. The van der Waals surface area contributed by atoms with Crippen LogP contribution in [0.2, 0.25) is 0 Å². The molecule has 0 spiro atoms. The molecule has 2 aromatic heterocycles. The van der Waals surface area contributed by atoms with Crippen LogP contribution in [0.4, 0.5) is 5.82 Å². The number of nitrogens with two attached hydrogens (primary N) is 1. The number of ether oxygens (including phenoxy) is 1. The van der Waals surface area contributed by atoms with E-state index < -0.39 is 0 Å². The average Bonchev–Trinajstić information content (AvgIpc) is 2.83. The number of hydrogen-bond donors (Lipinski definition) is 2. The summed E-state index contributed by atoms with van der Waals surface area (Å²) in [5.74, 6) is 0.206. The van der Waals surface area contributed by atoms with Gasteiger partial charge >= 0.3 is 5.97 Å². The first-order valence-corrected chi connectivity index (χ1v) is 6.79. The Morgan fingerprint density at radius 3 is 3.05 bits per heavy atom. The number of esters is 1. The highest BCUT2D eigenvalue weighted by Gasteiger charge is 2.42. The van der Waals surface area contributed by atoms with E-state index in [4.69, 9.17) is 10.5 Å². The van der Waals surface area contributed by atoms with Crippen LogP contribution in [-0.4, -0.2) is 43.8 Å². The molecule has 0 saturated heterocycles. The van der Waals surface area contributed by atoms with E-state index in [9.17, 15) is 9.90 Å². The van der Waals surface area contributed by atoms with Crippen molar-refractivity contribution in [3.05, 3.63) is 12.7 Å². The Morgan fingerprint density at radius 2 is 2.33 bits per heavy atom. The van der Waals surface area contributed by atoms with Crippen molar-refractivity contribution in [2.75, 3.05) is 18.9 Å². The molecule has 2 heterocycles. The summed E-state index contributed by atoms with van der Waals surface area (Å²) in [4.78, 5) is 23.2. The normalized spacial score (nSPS) is 24.8. The highest BCUT2D eigenvalue weighted by Crippen LogP contribution is 2.45. The van der Waals surface area contributed by atoms with Gasteiger partial charge in [0.1, 0.15) is 11.8 Å². The van der Waals surface area contributed by atoms with Crippen molar-refractivity contribution in [3.63, 3.8) is 0 Å². The summed E-state index contributed by atoms with van der Waals surface area (Å²) in [7, 11) is 0. The molecule has 1 aliphatic carbocycles. The van der Waals surface area contributed by atoms with E-state index in [1.54, 1.807) is 6.33 Å². The molecule has 1 aliphatic rings. The maximum atomic E-state index is 10.9. The van der Waals surface area contributed by atoms with Crippen molar-refractivity contribution in [1.29, 1.82) is 0 Å². The van der Waals surface area contributed by atoms with Crippen LogP contribution in [0.15, 0.2) is 12.7 Å². The summed E-state index contributed by atoms with van der Waals surface area (Å²) < 4.78 is 6.94. The number of hydrogen-bond acceptors (Lipinski definition) is 7. The van der Waals surface area contributed by atoms with Crippen molar-refractivity contribution < 1.29 is 14.6 Å². The molecule has 3 atom stereocenters. The molecule has 1 saturated carbocycles. The first-order valence-electron chi connectivity index (χ1n) is 6.79. The van der Waals surface area contributed by atoms with Crippen molar-refractivity contribution in [3.8, 4) is 0 Å². The molecule has 0 amide bonds. The van der Waals surface area contributed by atoms with E-state index in [1.165, 1.54) is 13.3 Å². The van der Waals surface area contributed by atoms with Gasteiger partial charge in [-0.05, 0) is 6.42 Å². The molecule has 0 unspecified atom stereocenters. The minimum Gasteiger partial charge on any atom is -0.466 e. The molecule has 0 aliphatic heterocycles. The second-order valence-corrected chi connectivity index (χ2v) is 5.30. The third kappa shape index (κ3) is 2.31. The van der Waals surface area contributed by atoms with Gasteiger partial charge in [0.05, 0.1) is 12.9 Å². The van der Waals surface area contributed by atoms with Crippen LogP contribution in [-0.2, 0) is 9.53 Å². The van der Waals surface area contributed by atoms with Crippen LogP contribution >= 0.6 is 0 Å². The quantitative estimate of drug-likeness (QED) is 0.769. The largest absolute Gasteiger partial charge is 0.466 e. The molecule has 1 fully saturated rings. The van der Waals surface area contributed by atoms with Crippen LogP contribution in [0.25, 0.3) is 11.2 Å². The fourth-order valence-electron chi connectivity index (χ4n) is 2.90. The molecule has 2 aromatic rings. The van der Waals surface area contributed by atoms with Crippen molar-refractivity contribution >= 4 is 23.0 Å². The smallest absolute Gasteiger partial charge is 0.302 e. The minimum atomic E-state index is -0.302. The zero-order valence-electron chi connectivity index (χ0n) is 11.6. The highest BCUT2D eigenvalue weighted by atomic mass is 16.5. The zero-order chi connectivity index (χ0) is 15.0. The monoisotopic (exact) mass is 291 g/mol. The van der Waals surface area contributed by atoms with Crippen LogP contribution in [0.3, 0.4) is 0 Å². The average molecular weight is 291 g/mol. The Labute approximate surface area is 121 Å². The van der Waals surface area contributed by atoms with Gasteiger partial charge in [-0.3, -0.25) is 4.79 Å². The van der Waals surface area contributed by atoms with Gasteiger partial charge in [-0.2, -0.15) is 0 Å². The minimum absolute atomic E-state index is 0.0120. The fourth-order valence-corrected chi connectivity index (χ4v) is 2.90. The first-order chi connectivity index (χ1) is 10.1. The van der Waals surface area contributed by atoms with Gasteiger partial charge in [0, 0.05) is 31.4 Å². The third-order valence-corrected chi connectivity index (χ3v) is 4.10. The molecular formula is C13H17N5O3. The standard InChI is InChI=1S/C13H17N5O3/c1-7(20)21-4-8-2-10(9(8)3-19)18-6-17-11-12(14)15-5-16-13(11)18/h5-6,8-10,19H,2-4H2,1H3,(H2,14,15,16)/t8-,9-,10-/m0/s1. The van der Waals surface area contributed by atoms with Crippen molar-refractivity contribution in [2.45, 2.75) is 19.4 Å². The van der Waals surface area contributed by atoms with E-state index in [-0.39, 0.29) is 30.5 Å². The number of fused-ring (bicyclic) bond motifs is 1. The number of imidazole rings is 1. The summed E-state index contributed by atoms with van der Waals surface area (Å²) in [6.45, 7) is 1.74. The molecule has 3 N–H and O–H groups in total. The van der Waals surface area contributed by atoms with Crippen LogP contribution in [0, 0.1) is 11.8 Å². The number of aliphatic hydroxyl groups excluding tert-OH is 1. The number of aromatic nitrogens is 4. The summed E-state index contributed by atoms with van der Waals surface area (Å²) >= 11 is 0. The van der Waals surface area contributed by atoms with Gasteiger partial charge in [-0.15, -0.1) is 0 Å². The zero-order valence-corrected chi connectivity index (χ0v) is 11.6. The molecule has 0 aromatic carbocycles.